The lowest BCUT2D eigenvalue weighted by Crippen LogP contribution is -2.12. The molecule has 1 aromatic heterocycles. The van der Waals surface area contributed by atoms with Gasteiger partial charge in [-0.3, -0.25) is 10.1 Å². The molecule has 6 heteroatoms. The molecular weight excluding hydrogens is 336 g/mol. The van der Waals surface area contributed by atoms with E-state index in [1.807, 2.05) is 13.8 Å². The zero-order valence-electron chi connectivity index (χ0n) is 9.75. The molecule has 1 heterocycles. The van der Waals surface area contributed by atoms with Crippen LogP contribution in [0.15, 0.2) is 22.7 Å². The van der Waals surface area contributed by atoms with E-state index in [9.17, 15) is 4.79 Å². The number of thiazole rings is 1. The summed E-state index contributed by atoms with van der Waals surface area (Å²) in [4.78, 5) is 17.4. The monoisotopic (exact) mass is 344 g/mol. The minimum Gasteiger partial charge on any atom is -0.298 e. The lowest BCUT2D eigenvalue weighted by Gasteiger charge is -2.04. The van der Waals surface area contributed by atoms with E-state index in [-0.39, 0.29) is 5.91 Å². The van der Waals surface area contributed by atoms with E-state index in [1.165, 1.54) is 11.3 Å². The molecule has 0 aliphatic rings. The Morgan fingerprint density at radius 1 is 1.44 bits per heavy atom. The number of anilines is 1. The van der Waals surface area contributed by atoms with Crippen molar-refractivity contribution in [2.45, 2.75) is 13.8 Å². The molecule has 18 heavy (non-hydrogen) atoms. The van der Waals surface area contributed by atoms with Crippen LogP contribution in [0, 0.1) is 13.8 Å². The highest BCUT2D eigenvalue weighted by Gasteiger charge is 2.13. The molecule has 0 atom stereocenters. The first kappa shape index (κ1) is 13.5. The van der Waals surface area contributed by atoms with Crippen LogP contribution in [0.4, 0.5) is 5.13 Å². The number of carbonyl (C=O) groups excluding carboxylic acids is 1. The second kappa shape index (κ2) is 5.38. The van der Waals surface area contributed by atoms with Crippen molar-refractivity contribution in [1.29, 1.82) is 0 Å². The molecule has 0 fully saturated rings. The van der Waals surface area contributed by atoms with Crippen molar-refractivity contribution in [2.75, 3.05) is 5.32 Å². The number of amides is 1. The van der Waals surface area contributed by atoms with Crippen LogP contribution in [0.1, 0.15) is 20.9 Å². The Morgan fingerprint density at radius 3 is 2.78 bits per heavy atom. The normalized spacial score (nSPS) is 10.4. The van der Waals surface area contributed by atoms with Gasteiger partial charge in [0.1, 0.15) is 0 Å². The molecule has 2 aromatic rings. The van der Waals surface area contributed by atoms with Gasteiger partial charge < -0.3 is 0 Å². The molecule has 3 nitrogen and oxygen atoms in total. The summed E-state index contributed by atoms with van der Waals surface area (Å²) >= 11 is 10.8. The Hall–Kier alpha value is -0.910. The second-order valence-corrected chi connectivity index (χ2v) is 6.26. The van der Waals surface area contributed by atoms with Gasteiger partial charge in [0.25, 0.3) is 5.91 Å². The van der Waals surface area contributed by atoms with Crippen molar-refractivity contribution in [1.82, 2.24) is 4.98 Å². The summed E-state index contributed by atoms with van der Waals surface area (Å²) in [7, 11) is 0. The number of hydrogen-bond acceptors (Lipinski definition) is 3. The van der Waals surface area contributed by atoms with Crippen LogP contribution in [-0.2, 0) is 0 Å². The fourth-order valence-corrected chi connectivity index (χ4v) is 2.74. The van der Waals surface area contributed by atoms with E-state index in [1.54, 1.807) is 18.2 Å². The highest BCUT2D eigenvalue weighted by Crippen LogP contribution is 2.25. The number of nitrogens with zero attached hydrogens (tertiary/aromatic N) is 1. The molecular formula is C12H10BrClN2OS. The number of carbonyl (C=O) groups is 1. The molecule has 0 aliphatic carbocycles. The Bertz CT molecular complexity index is 593. The predicted molar refractivity (Wildman–Crippen MR) is 78.7 cm³/mol. The first-order chi connectivity index (χ1) is 8.47. The third-order valence-electron chi connectivity index (χ3n) is 2.42. The lowest BCUT2D eigenvalue weighted by atomic mass is 10.2. The smallest absolute Gasteiger partial charge is 0.258 e. The number of aryl methyl sites for hydroxylation is 2. The molecule has 0 saturated heterocycles. The van der Waals surface area contributed by atoms with Gasteiger partial charge in [-0.05, 0) is 32.0 Å². The maximum absolute atomic E-state index is 12.1. The molecule has 94 valence electrons. The highest BCUT2D eigenvalue weighted by molar-refractivity contribution is 9.10. The molecule has 0 radical (unpaired) electrons. The highest BCUT2D eigenvalue weighted by atomic mass is 79.9. The molecule has 0 unspecified atom stereocenters. The van der Waals surface area contributed by atoms with Crippen molar-refractivity contribution in [3.05, 3.63) is 43.8 Å². The van der Waals surface area contributed by atoms with Gasteiger partial charge in [0.15, 0.2) is 5.13 Å². The number of aromatic nitrogens is 1. The van der Waals surface area contributed by atoms with Crippen molar-refractivity contribution >= 4 is 49.9 Å². The number of hydrogen-bond donors (Lipinski definition) is 1. The minimum absolute atomic E-state index is 0.255. The van der Waals surface area contributed by atoms with Crippen molar-refractivity contribution in [3.8, 4) is 0 Å². The van der Waals surface area contributed by atoms with E-state index in [0.29, 0.717) is 15.7 Å². The van der Waals surface area contributed by atoms with E-state index in [0.717, 1.165) is 15.0 Å². The van der Waals surface area contributed by atoms with Gasteiger partial charge in [-0.25, -0.2) is 4.98 Å². The van der Waals surface area contributed by atoms with Crippen LogP contribution in [0.25, 0.3) is 0 Å². The quantitative estimate of drug-likeness (QED) is 0.875. The lowest BCUT2D eigenvalue weighted by molar-refractivity contribution is 0.102. The summed E-state index contributed by atoms with van der Waals surface area (Å²) in [6, 6.07) is 5.15. The summed E-state index contributed by atoms with van der Waals surface area (Å²) < 4.78 is 0.809. The first-order valence-corrected chi connectivity index (χ1v) is 7.16. The molecule has 0 saturated carbocycles. The Labute approximate surface area is 122 Å². The molecule has 1 amide bonds. The van der Waals surface area contributed by atoms with Crippen LogP contribution >= 0.6 is 38.9 Å². The third-order valence-corrected chi connectivity index (χ3v) is 4.23. The number of nitrogens with one attached hydrogen (secondary N) is 1. The maximum Gasteiger partial charge on any atom is 0.258 e. The van der Waals surface area contributed by atoms with Gasteiger partial charge in [-0.2, -0.15) is 0 Å². The van der Waals surface area contributed by atoms with Gasteiger partial charge in [-0.1, -0.05) is 27.5 Å². The van der Waals surface area contributed by atoms with E-state index in [2.05, 4.69) is 26.2 Å². The van der Waals surface area contributed by atoms with Gasteiger partial charge in [0.05, 0.1) is 16.3 Å². The fourth-order valence-electron chi connectivity index (χ4n) is 1.36. The van der Waals surface area contributed by atoms with Crippen LogP contribution in [-0.4, -0.2) is 10.9 Å². The van der Waals surface area contributed by atoms with Crippen molar-refractivity contribution in [3.63, 3.8) is 0 Å². The topological polar surface area (TPSA) is 42.0 Å². The second-order valence-electron chi connectivity index (χ2n) is 3.74. The summed E-state index contributed by atoms with van der Waals surface area (Å²) in [6.45, 7) is 3.88. The predicted octanol–water partition coefficient (Wildman–Crippen LogP) is 4.43. The molecule has 1 aromatic carbocycles. The maximum atomic E-state index is 12.1. The van der Waals surface area contributed by atoms with E-state index < -0.39 is 0 Å². The standard InChI is InChI=1S/C12H10BrClN2OS/c1-6-7(2)18-12(15-6)16-11(17)9-5-8(13)3-4-10(9)14/h3-5H,1-2H3,(H,15,16,17). The molecule has 2 rings (SSSR count). The summed E-state index contributed by atoms with van der Waals surface area (Å²) in [5.74, 6) is -0.255. The summed E-state index contributed by atoms with van der Waals surface area (Å²) in [6.07, 6.45) is 0. The zero-order valence-corrected chi connectivity index (χ0v) is 12.9. The van der Waals surface area contributed by atoms with Crippen LogP contribution in [0.3, 0.4) is 0 Å². The largest absolute Gasteiger partial charge is 0.298 e. The van der Waals surface area contributed by atoms with Crippen LogP contribution in [0.5, 0.6) is 0 Å². The van der Waals surface area contributed by atoms with Crippen LogP contribution < -0.4 is 5.32 Å². The minimum atomic E-state index is -0.255. The van der Waals surface area contributed by atoms with Gasteiger partial charge in [-0.15, -0.1) is 11.3 Å². The van der Waals surface area contributed by atoms with Crippen LogP contribution in [0.2, 0.25) is 5.02 Å². The molecule has 0 aliphatic heterocycles. The average Bonchev–Trinajstić information content (AvgIpc) is 2.61. The first-order valence-electron chi connectivity index (χ1n) is 5.18. The van der Waals surface area contributed by atoms with Gasteiger partial charge in [0.2, 0.25) is 0 Å². The molecule has 0 spiro atoms. The summed E-state index contributed by atoms with van der Waals surface area (Å²) in [5.41, 5.74) is 1.35. The number of rotatable bonds is 2. The molecule has 0 bridgehead atoms. The number of halogens is 2. The van der Waals surface area contributed by atoms with Gasteiger partial charge in [0, 0.05) is 9.35 Å². The van der Waals surface area contributed by atoms with Gasteiger partial charge >= 0.3 is 0 Å². The molecule has 1 N–H and O–H groups in total. The fraction of sp³-hybridized carbons (Fsp3) is 0.167. The van der Waals surface area contributed by atoms with E-state index in [4.69, 9.17) is 11.6 Å². The third kappa shape index (κ3) is 2.91. The Balaban J connectivity index is 2.24. The van der Waals surface area contributed by atoms with E-state index >= 15 is 0 Å². The number of benzene rings is 1. The van der Waals surface area contributed by atoms with Crippen molar-refractivity contribution in [2.24, 2.45) is 0 Å². The average molecular weight is 346 g/mol. The SMILES string of the molecule is Cc1nc(NC(=O)c2cc(Br)ccc2Cl)sc1C. The van der Waals surface area contributed by atoms with Crippen molar-refractivity contribution < 1.29 is 4.79 Å². The Morgan fingerprint density at radius 2 is 2.17 bits per heavy atom. The summed E-state index contributed by atoms with van der Waals surface area (Å²) in [5, 5.41) is 3.76. The Kier molecular flexibility index (Phi) is 4.04. The zero-order chi connectivity index (χ0) is 13.3.